The Morgan fingerprint density at radius 1 is 0.875 bits per heavy atom. The van der Waals surface area contributed by atoms with Crippen molar-refractivity contribution < 1.29 is 9.53 Å². The van der Waals surface area contributed by atoms with Crippen LogP contribution in [0.1, 0.15) is 42.3 Å². The number of rotatable bonds is 3. The van der Waals surface area contributed by atoms with Gasteiger partial charge in [-0.25, -0.2) is 4.79 Å². The standard InChI is InChI=1S/C22H22O2/c1-22(2,3)18-13-11-16(12-14-18)15-24-21(23)20-10-6-8-17-7-4-5-9-19(17)20/h4-14H,15H2,1-3H3. The summed E-state index contributed by atoms with van der Waals surface area (Å²) in [6.07, 6.45) is 0. The van der Waals surface area contributed by atoms with E-state index in [4.69, 9.17) is 4.74 Å². The molecule has 0 aromatic heterocycles. The number of benzene rings is 3. The molecule has 0 spiro atoms. The quantitative estimate of drug-likeness (QED) is 0.596. The third-order valence-corrected chi connectivity index (χ3v) is 4.20. The summed E-state index contributed by atoms with van der Waals surface area (Å²) in [7, 11) is 0. The fourth-order valence-electron chi connectivity index (χ4n) is 2.73. The molecule has 2 heteroatoms. The summed E-state index contributed by atoms with van der Waals surface area (Å²) in [4.78, 5) is 12.4. The molecule has 0 amide bonds. The van der Waals surface area contributed by atoms with Crippen LogP contribution >= 0.6 is 0 Å². The van der Waals surface area contributed by atoms with E-state index in [2.05, 4.69) is 32.9 Å². The fourth-order valence-corrected chi connectivity index (χ4v) is 2.73. The van der Waals surface area contributed by atoms with E-state index in [0.717, 1.165) is 16.3 Å². The van der Waals surface area contributed by atoms with Crippen LogP contribution in [-0.4, -0.2) is 5.97 Å². The summed E-state index contributed by atoms with van der Waals surface area (Å²) in [5.74, 6) is -0.285. The number of hydrogen-bond donors (Lipinski definition) is 0. The van der Waals surface area contributed by atoms with Crippen LogP contribution in [0.3, 0.4) is 0 Å². The molecular weight excluding hydrogens is 296 g/mol. The minimum Gasteiger partial charge on any atom is -0.457 e. The minimum atomic E-state index is -0.285. The van der Waals surface area contributed by atoms with Gasteiger partial charge in [0.05, 0.1) is 5.56 Å². The Balaban J connectivity index is 1.73. The molecule has 3 aromatic rings. The monoisotopic (exact) mass is 318 g/mol. The zero-order valence-corrected chi connectivity index (χ0v) is 14.4. The molecule has 2 nitrogen and oxygen atoms in total. The van der Waals surface area contributed by atoms with Crippen molar-refractivity contribution in [2.75, 3.05) is 0 Å². The fraction of sp³-hybridized carbons (Fsp3) is 0.227. The van der Waals surface area contributed by atoms with Crippen molar-refractivity contribution in [1.82, 2.24) is 0 Å². The van der Waals surface area contributed by atoms with Gasteiger partial charge in [0, 0.05) is 0 Å². The van der Waals surface area contributed by atoms with Gasteiger partial charge in [-0.15, -0.1) is 0 Å². The molecule has 0 fully saturated rings. The molecule has 0 bridgehead atoms. The third-order valence-electron chi connectivity index (χ3n) is 4.20. The molecule has 0 aliphatic heterocycles. The van der Waals surface area contributed by atoms with Crippen molar-refractivity contribution in [2.45, 2.75) is 32.8 Å². The van der Waals surface area contributed by atoms with Crippen LogP contribution < -0.4 is 0 Å². The second-order valence-corrected chi connectivity index (χ2v) is 7.05. The topological polar surface area (TPSA) is 26.3 Å². The Hall–Kier alpha value is -2.61. The molecule has 0 aliphatic carbocycles. The SMILES string of the molecule is CC(C)(C)c1ccc(COC(=O)c2cccc3ccccc23)cc1. The lowest BCUT2D eigenvalue weighted by atomic mass is 9.87. The van der Waals surface area contributed by atoms with E-state index < -0.39 is 0 Å². The molecule has 0 heterocycles. The van der Waals surface area contributed by atoms with Crippen LogP contribution in [0.25, 0.3) is 10.8 Å². The van der Waals surface area contributed by atoms with E-state index in [0.29, 0.717) is 5.56 Å². The van der Waals surface area contributed by atoms with Gasteiger partial charge in [0.2, 0.25) is 0 Å². The number of carbonyl (C=O) groups excluding carboxylic acids is 1. The van der Waals surface area contributed by atoms with Gasteiger partial charge in [-0.3, -0.25) is 0 Å². The van der Waals surface area contributed by atoms with Crippen LogP contribution in [-0.2, 0) is 16.8 Å². The highest BCUT2D eigenvalue weighted by Gasteiger charge is 2.14. The molecular formula is C22H22O2. The van der Waals surface area contributed by atoms with Gasteiger partial charge >= 0.3 is 5.97 Å². The molecule has 0 saturated heterocycles. The van der Waals surface area contributed by atoms with Crippen LogP contribution in [0.2, 0.25) is 0 Å². The van der Waals surface area contributed by atoms with Gasteiger partial charge in [0.1, 0.15) is 6.61 Å². The maximum Gasteiger partial charge on any atom is 0.339 e. The first-order chi connectivity index (χ1) is 11.4. The lowest BCUT2D eigenvalue weighted by Gasteiger charge is -2.19. The molecule has 0 atom stereocenters. The predicted molar refractivity (Wildman–Crippen MR) is 98.2 cm³/mol. The van der Waals surface area contributed by atoms with Gasteiger partial charge in [0.15, 0.2) is 0 Å². The van der Waals surface area contributed by atoms with E-state index >= 15 is 0 Å². The van der Waals surface area contributed by atoms with Crippen molar-refractivity contribution in [3.05, 3.63) is 83.4 Å². The van der Waals surface area contributed by atoms with E-state index in [1.54, 1.807) is 0 Å². The molecule has 0 saturated carbocycles. The predicted octanol–water partition coefficient (Wildman–Crippen LogP) is 5.49. The first-order valence-corrected chi connectivity index (χ1v) is 8.19. The second-order valence-electron chi connectivity index (χ2n) is 7.05. The smallest absolute Gasteiger partial charge is 0.339 e. The Morgan fingerprint density at radius 2 is 1.54 bits per heavy atom. The van der Waals surface area contributed by atoms with Gasteiger partial charge in [0.25, 0.3) is 0 Å². The Kier molecular flexibility index (Phi) is 4.39. The highest BCUT2D eigenvalue weighted by atomic mass is 16.5. The zero-order valence-electron chi connectivity index (χ0n) is 14.4. The summed E-state index contributed by atoms with van der Waals surface area (Å²) in [5, 5.41) is 1.97. The van der Waals surface area contributed by atoms with E-state index in [9.17, 15) is 4.79 Å². The average Bonchev–Trinajstić information content (AvgIpc) is 2.59. The van der Waals surface area contributed by atoms with Crippen molar-refractivity contribution in [1.29, 1.82) is 0 Å². The van der Waals surface area contributed by atoms with Gasteiger partial charge in [-0.1, -0.05) is 81.4 Å². The third kappa shape index (κ3) is 3.48. The Morgan fingerprint density at radius 3 is 2.25 bits per heavy atom. The summed E-state index contributed by atoms with van der Waals surface area (Å²) in [6, 6.07) is 21.8. The van der Waals surface area contributed by atoms with E-state index in [1.165, 1.54) is 5.56 Å². The number of hydrogen-bond acceptors (Lipinski definition) is 2. The van der Waals surface area contributed by atoms with Crippen LogP contribution in [0, 0.1) is 0 Å². The number of fused-ring (bicyclic) bond motifs is 1. The first-order valence-electron chi connectivity index (χ1n) is 8.19. The molecule has 3 rings (SSSR count). The summed E-state index contributed by atoms with van der Waals surface area (Å²) in [6.45, 7) is 6.83. The van der Waals surface area contributed by atoms with Crippen molar-refractivity contribution in [3.8, 4) is 0 Å². The van der Waals surface area contributed by atoms with Gasteiger partial charge < -0.3 is 4.74 Å². The number of esters is 1. The Bertz CT molecular complexity index is 850. The van der Waals surface area contributed by atoms with Crippen molar-refractivity contribution in [2.24, 2.45) is 0 Å². The average molecular weight is 318 g/mol. The molecule has 0 aliphatic rings. The molecule has 0 unspecified atom stereocenters. The molecule has 24 heavy (non-hydrogen) atoms. The van der Waals surface area contributed by atoms with Crippen molar-refractivity contribution >= 4 is 16.7 Å². The zero-order chi connectivity index (χ0) is 17.2. The minimum absolute atomic E-state index is 0.123. The molecule has 3 aromatic carbocycles. The van der Waals surface area contributed by atoms with Crippen LogP contribution in [0.4, 0.5) is 0 Å². The maximum absolute atomic E-state index is 12.4. The highest BCUT2D eigenvalue weighted by molar-refractivity contribution is 6.04. The van der Waals surface area contributed by atoms with E-state index in [-0.39, 0.29) is 18.0 Å². The van der Waals surface area contributed by atoms with Gasteiger partial charge in [-0.2, -0.15) is 0 Å². The Labute approximate surface area is 143 Å². The largest absolute Gasteiger partial charge is 0.457 e. The van der Waals surface area contributed by atoms with Crippen molar-refractivity contribution in [3.63, 3.8) is 0 Å². The van der Waals surface area contributed by atoms with Crippen LogP contribution in [0.15, 0.2) is 66.7 Å². The van der Waals surface area contributed by atoms with Gasteiger partial charge in [-0.05, 0) is 33.4 Å². The normalized spacial score (nSPS) is 11.5. The maximum atomic E-state index is 12.4. The summed E-state index contributed by atoms with van der Waals surface area (Å²) >= 11 is 0. The number of ether oxygens (including phenoxy) is 1. The molecule has 122 valence electrons. The molecule has 0 radical (unpaired) electrons. The number of carbonyl (C=O) groups is 1. The summed E-state index contributed by atoms with van der Waals surface area (Å²) in [5.41, 5.74) is 3.00. The second kappa shape index (κ2) is 6.48. The lowest BCUT2D eigenvalue weighted by Crippen LogP contribution is -2.11. The molecule has 0 N–H and O–H groups in total. The summed E-state index contributed by atoms with van der Waals surface area (Å²) < 4.78 is 5.51. The van der Waals surface area contributed by atoms with Crippen LogP contribution in [0.5, 0.6) is 0 Å². The highest BCUT2D eigenvalue weighted by Crippen LogP contribution is 2.23. The first kappa shape index (κ1) is 16.3. The van der Waals surface area contributed by atoms with E-state index in [1.807, 2.05) is 54.6 Å². The lowest BCUT2D eigenvalue weighted by molar-refractivity contribution is 0.0475.